The van der Waals surface area contributed by atoms with Gasteiger partial charge in [0.1, 0.15) is 5.82 Å². The molecule has 1 aliphatic heterocycles. The molecule has 30 heavy (non-hydrogen) atoms. The van der Waals surface area contributed by atoms with Crippen molar-refractivity contribution in [1.29, 1.82) is 0 Å². The smallest absolute Gasteiger partial charge is 0.338 e. The van der Waals surface area contributed by atoms with E-state index in [0.29, 0.717) is 23.1 Å². The van der Waals surface area contributed by atoms with Crippen LogP contribution in [0.5, 0.6) is 0 Å². The number of rotatable bonds is 4. The van der Waals surface area contributed by atoms with Gasteiger partial charge in [0.2, 0.25) is 0 Å². The first-order chi connectivity index (χ1) is 14.5. The van der Waals surface area contributed by atoms with Crippen molar-refractivity contribution in [2.45, 2.75) is 45.3 Å². The first-order valence-corrected chi connectivity index (χ1v) is 10.1. The predicted octanol–water partition coefficient (Wildman–Crippen LogP) is 3.31. The van der Waals surface area contributed by atoms with Crippen LogP contribution in [-0.4, -0.2) is 27.5 Å². The van der Waals surface area contributed by atoms with Crippen molar-refractivity contribution in [2.24, 2.45) is 0 Å². The van der Waals surface area contributed by atoms with E-state index in [2.05, 4.69) is 10.3 Å². The van der Waals surface area contributed by atoms with Crippen LogP contribution >= 0.6 is 0 Å². The molecule has 0 radical (unpaired) electrons. The summed E-state index contributed by atoms with van der Waals surface area (Å²) in [5, 5.41) is 3.18. The van der Waals surface area contributed by atoms with Crippen LogP contribution in [0.2, 0.25) is 0 Å². The minimum Gasteiger partial charge on any atom is -0.449 e. The summed E-state index contributed by atoms with van der Waals surface area (Å²) in [6, 6.07) is 13.7. The molecule has 0 saturated heterocycles. The lowest BCUT2D eigenvalue weighted by atomic mass is 10.1. The highest BCUT2D eigenvalue weighted by molar-refractivity contribution is 5.98. The Kier molecular flexibility index (Phi) is 5.61. The van der Waals surface area contributed by atoms with Gasteiger partial charge in [-0.25, -0.2) is 9.78 Å². The zero-order valence-electron chi connectivity index (χ0n) is 16.8. The Labute approximate surface area is 173 Å². The maximum atomic E-state index is 12.8. The lowest BCUT2D eigenvalue weighted by Crippen LogP contribution is -2.30. The molecule has 0 aliphatic carbocycles. The van der Waals surface area contributed by atoms with E-state index in [-0.39, 0.29) is 11.1 Å². The Balaban J connectivity index is 1.53. The van der Waals surface area contributed by atoms with E-state index >= 15 is 0 Å². The van der Waals surface area contributed by atoms with E-state index < -0.39 is 18.0 Å². The summed E-state index contributed by atoms with van der Waals surface area (Å²) in [4.78, 5) is 42.3. The Bertz CT molecular complexity index is 1150. The molecule has 154 valence electrons. The number of aromatic nitrogens is 2. The number of benzene rings is 2. The standard InChI is InChI=1S/C23H23N3O4/c1-15(21(27)24-17-8-4-2-5-9-17)30-23(29)16-11-12-18-19(14-16)25-20-10-6-3-7-13-26(20)22(18)28/h2,4-5,8-9,11-12,14-15H,3,6-7,10,13H2,1H3,(H,24,27)/t15-/m1/s1. The minimum atomic E-state index is -0.973. The van der Waals surface area contributed by atoms with Crippen molar-refractivity contribution in [1.82, 2.24) is 9.55 Å². The average Bonchev–Trinajstić information content (AvgIpc) is 3.00. The van der Waals surface area contributed by atoms with E-state index in [4.69, 9.17) is 4.74 Å². The summed E-state index contributed by atoms with van der Waals surface area (Å²) >= 11 is 0. The molecule has 3 aromatic rings. The Morgan fingerprint density at radius 1 is 1.10 bits per heavy atom. The van der Waals surface area contributed by atoms with Crippen LogP contribution in [0.3, 0.4) is 0 Å². The quantitative estimate of drug-likeness (QED) is 0.673. The molecule has 7 nitrogen and oxygen atoms in total. The van der Waals surface area contributed by atoms with E-state index in [9.17, 15) is 14.4 Å². The number of aryl methyl sites for hydroxylation is 1. The van der Waals surface area contributed by atoms with Gasteiger partial charge in [-0.05, 0) is 50.1 Å². The summed E-state index contributed by atoms with van der Waals surface area (Å²) in [7, 11) is 0. The van der Waals surface area contributed by atoms with E-state index in [1.54, 1.807) is 47.0 Å². The number of nitrogens with zero attached hydrogens (tertiary/aromatic N) is 2. The van der Waals surface area contributed by atoms with Crippen molar-refractivity contribution in [3.05, 3.63) is 70.3 Å². The van der Waals surface area contributed by atoms with E-state index in [1.807, 2.05) is 6.07 Å². The van der Waals surface area contributed by atoms with Crippen molar-refractivity contribution >= 4 is 28.5 Å². The molecule has 4 rings (SSSR count). The highest BCUT2D eigenvalue weighted by atomic mass is 16.5. The highest BCUT2D eigenvalue weighted by Crippen LogP contribution is 2.17. The molecule has 0 bridgehead atoms. The van der Waals surface area contributed by atoms with Crippen LogP contribution < -0.4 is 10.9 Å². The number of ether oxygens (including phenoxy) is 1. The Morgan fingerprint density at radius 3 is 2.70 bits per heavy atom. The molecule has 1 N–H and O–H groups in total. The van der Waals surface area contributed by atoms with Gasteiger partial charge in [-0.1, -0.05) is 24.6 Å². The summed E-state index contributed by atoms with van der Waals surface area (Å²) in [6.07, 6.45) is 2.80. The molecular formula is C23H23N3O4. The number of para-hydroxylation sites is 1. The molecule has 1 aliphatic rings. The van der Waals surface area contributed by atoms with Gasteiger partial charge < -0.3 is 10.1 Å². The zero-order chi connectivity index (χ0) is 21.1. The third-order valence-corrected chi connectivity index (χ3v) is 5.25. The fraction of sp³-hybridized carbons (Fsp3) is 0.304. The topological polar surface area (TPSA) is 90.3 Å². The molecule has 0 spiro atoms. The maximum Gasteiger partial charge on any atom is 0.338 e. The zero-order valence-corrected chi connectivity index (χ0v) is 16.8. The van der Waals surface area contributed by atoms with Crippen LogP contribution in [0.15, 0.2) is 53.3 Å². The van der Waals surface area contributed by atoms with Crippen LogP contribution in [0, 0.1) is 0 Å². The summed E-state index contributed by atoms with van der Waals surface area (Å²) in [5.41, 5.74) is 1.28. The maximum absolute atomic E-state index is 12.8. The van der Waals surface area contributed by atoms with Crippen LogP contribution in [-0.2, 0) is 22.5 Å². The van der Waals surface area contributed by atoms with Gasteiger partial charge in [-0.15, -0.1) is 0 Å². The van der Waals surface area contributed by atoms with Gasteiger partial charge in [0.15, 0.2) is 6.10 Å². The van der Waals surface area contributed by atoms with Gasteiger partial charge in [-0.2, -0.15) is 0 Å². The number of anilines is 1. The van der Waals surface area contributed by atoms with Crippen LogP contribution in [0.25, 0.3) is 10.9 Å². The molecule has 2 aromatic carbocycles. The second-order valence-electron chi connectivity index (χ2n) is 7.43. The lowest BCUT2D eigenvalue weighted by Gasteiger charge is -2.14. The van der Waals surface area contributed by atoms with Gasteiger partial charge in [0.05, 0.1) is 16.5 Å². The van der Waals surface area contributed by atoms with Crippen molar-refractivity contribution in [3.8, 4) is 0 Å². The Hall–Kier alpha value is -3.48. The van der Waals surface area contributed by atoms with E-state index in [0.717, 1.165) is 31.5 Å². The van der Waals surface area contributed by atoms with Crippen LogP contribution in [0.4, 0.5) is 5.69 Å². The molecule has 0 fully saturated rings. The molecule has 0 unspecified atom stereocenters. The largest absolute Gasteiger partial charge is 0.449 e. The molecule has 7 heteroatoms. The first kappa shape index (κ1) is 19.8. The fourth-order valence-corrected chi connectivity index (χ4v) is 3.59. The molecule has 1 atom stereocenters. The molecule has 0 saturated carbocycles. The molecular weight excluding hydrogens is 382 g/mol. The normalized spacial score (nSPS) is 14.4. The van der Waals surface area contributed by atoms with Crippen molar-refractivity contribution in [2.75, 3.05) is 5.32 Å². The van der Waals surface area contributed by atoms with Gasteiger partial charge in [-0.3, -0.25) is 14.2 Å². The van der Waals surface area contributed by atoms with Gasteiger partial charge >= 0.3 is 5.97 Å². The van der Waals surface area contributed by atoms with Crippen molar-refractivity contribution < 1.29 is 14.3 Å². The fourth-order valence-electron chi connectivity index (χ4n) is 3.59. The SMILES string of the molecule is C[C@@H](OC(=O)c1ccc2c(=O)n3c(nc2c1)CCCCC3)C(=O)Nc1ccccc1. The molecule has 1 amide bonds. The van der Waals surface area contributed by atoms with E-state index in [1.165, 1.54) is 6.92 Å². The second kappa shape index (κ2) is 8.49. The number of hydrogen-bond acceptors (Lipinski definition) is 5. The van der Waals surface area contributed by atoms with Crippen LogP contribution in [0.1, 0.15) is 42.4 Å². The number of amides is 1. The highest BCUT2D eigenvalue weighted by Gasteiger charge is 2.20. The van der Waals surface area contributed by atoms with Gasteiger partial charge in [0.25, 0.3) is 11.5 Å². The third kappa shape index (κ3) is 4.10. The predicted molar refractivity (Wildman–Crippen MR) is 114 cm³/mol. The summed E-state index contributed by atoms with van der Waals surface area (Å²) < 4.78 is 7.06. The Morgan fingerprint density at radius 2 is 1.90 bits per heavy atom. The average molecular weight is 405 g/mol. The number of carbonyl (C=O) groups excluding carboxylic acids is 2. The van der Waals surface area contributed by atoms with Gasteiger partial charge in [0, 0.05) is 18.7 Å². The number of carbonyl (C=O) groups is 2. The number of esters is 1. The number of nitrogens with one attached hydrogen (secondary N) is 1. The monoisotopic (exact) mass is 405 g/mol. The first-order valence-electron chi connectivity index (χ1n) is 10.1. The third-order valence-electron chi connectivity index (χ3n) is 5.25. The summed E-state index contributed by atoms with van der Waals surface area (Å²) in [6.45, 7) is 2.19. The lowest BCUT2D eigenvalue weighted by molar-refractivity contribution is -0.123. The molecule has 1 aromatic heterocycles. The summed E-state index contributed by atoms with van der Waals surface area (Å²) in [5.74, 6) is -0.299. The number of fused-ring (bicyclic) bond motifs is 2. The molecule has 2 heterocycles. The minimum absolute atomic E-state index is 0.0765. The second-order valence-corrected chi connectivity index (χ2v) is 7.43. The number of hydrogen-bond donors (Lipinski definition) is 1. The van der Waals surface area contributed by atoms with Crippen molar-refractivity contribution in [3.63, 3.8) is 0 Å².